The van der Waals surface area contributed by atoms with Gasteiger partial charge in [0.1, 0.15) is 16.4 Å². The van der Waals surface area contributed by atoms with Crippen molar-refractivity contribution in [3.05, 3.63) is 81.8 Å². The molecule has 1 aromatic heterocycles. The molecule has 40 heavy (non-hydrogen) atoms. The second-order valence-electron chi connectivity index (χ2n) is 10.2. The molecule has 3 aromatic rings. The van der Waals surface area contributed by atoms with Crippen LogP contribution in [0.4, 0.5) is 8.78 Å². The summed E-state index contributed by atoms with van der Waals surface area (Å²) in [4.78, 5) is 11.9. The van der Waals surface area contributed by atoms with Gasteiger partial charge in [-0.25, -0.2) is 30.3 Å². The van der Waals surface area contributed by atoms with E-state index < -0.39 is 71.0 Å². The van der Waals surface area contributed by atoms with E-state index in [1.54, 1.807) is 27.7 Å². The van der Waals surface area contributed by atoms with Gasteiger partial charge >= 0.3 is 0 Å². The predicted octanol–water partition coefficient (Wildman–Crippen LogP) is 3.45. The third kappa shape index (κ3) is 6.98. The average molecular weight is 616 g/mol. The van der Waals surface area contributed by atoms with E-state index in [0.29, 0.717) is 0 Å². The van der Waals surface area contributed by atoms with Crippen molar-refractivity contribution in [2.75, 3.05) is 0 Å². The fraction of sp³-hybridized carbons (Fsp3) is 0.346. The third-order valence-electron chi connectivity index (χ3n) is 6.13. The highest BCUT2D eigenvalue weighted by atomic mass is 32.2. The lowest BCUT2D eigenvalue weighted by Gasteiger charge is -2.28. The molecule has 0 radical (unpaired) electrons. The quantitative estimate of drug-likeness (QED) is 0.191. The van der Waals surface area contributed by atoms with Gasteiger partial charge in [0, 0.05) is 53.4 Å². The van der Waals surface area contributed by atoms with E-state index in [4.69, 9.17) is 0 Å². The molecule has 0 bridgehead atoms. The lowest BCUT2D eigenvalue weighted by molar-refractivity contribution is 0.531. The molecular weight excluding hydrogens is 584 g/mol. The van der Waals surface area contributed by atoms with Crippen LogP contribution in [0.3, 0.4) is 0 Å². The number of rotatable bonds is 9. The number of hydrogen-bond donors (Lipinski definition) is 3. The molecule has 2 N–H and O–H groups in total. The van der Waals surface area contributed by atoms with Crippen molar-refractivity contribution in [2.45, 2.75) is 61.2 Å². The number of nitrogens with one attached hydrogen (secondary N) is 2. The maximum atomic E-state index is 15.4. The second-order valence-corrected chi connectivity index (χ2v) is 14.9. The number of sulfone groups is 1. The molecule has 0 amide bonds. The van der Waals surface area contributed by atoms with Crippen molar-refractivity contribution >= 4 is 32.1 Å². The average Bonchev–Trinajstić information content (AvgIpc) is 2.84. The molecule has 0 aliphatic carbocycles. The Labute approximate surface area is 236 Å². The van der Waals surface area contributed by atoms with Crippen molar-refractivity contribution < 1.29 is 30.2 Å². The Balaban J connectivity index is 2.38. The highest BCUT2D eigenvalue weighted by Gasteiger charge is 2.31. The first-order valence-corrected chi connectivity index (χ1v) is 15.9. The van der Waals surface area contributed by atoms with E-state index >= 15 is 4.39 Å². The minimum atomic E-state index is -4.45. The smallest absolute Gasteiger partial charge is 0.250 e. The molecule has 0 saturated carbocycles. The number of halogens is 2. The Morgan fingerprint density at radius 1 is 0.975 bits per heavy atom. The van der Waals surface area contributed by atoms with Crippen molar-refractivity contribution in [1.29, 1.82) is 0 Å². The van der Waals surface area contributed by atoms with Crippen molar-refractivity contribution in [3.8, 4) is 11.1 Å². The SMILES string of the molecule is CC(N[SH](=O)=O)c1cc(-c2cn(C)c(=O)cc2[C@H](C)N[S+]([O-])C(C)(C)C)c(S(=O)(=O)c2ccc(F)cc2)cc1F. The molecule has 0 spiro atoms. The molecular formula is C26H31F2N3O6S3. The van der Waals surface area contributed by atoms with Gasteiger partial charge in [0.15, 0.2) is 0 Å². The fourth-order valence-corrected chi connectivity index (χ4v) is 6.66. The summed E-state index contributed by atoms with van der Waals surface area (Å²) in [6.07, 6.45) is 1.38. The number of aromatic nitrogens is 1. The summed E-state index contributed by atoms with van der Waals surface area (Å²) >= 11 is -1.57. The Bertz CT molecular complexity index is 1640. The number of hydrogen-bond acceptors (Lipinski definition) is 7. The first-order chi connectivity index (χ1) is 18.4. The van der Waals surface area contributed by atoms with Crippen LogP contribution in [-0.4, -0.2) is 30.7 Å². The van der Waals surface area contributed by atoms with Gasteiger partial charge in [-0.15, -0.1) is 4.72 Å². The topological polar surface area (TPSA) is 137 Å². The molecule has 2 unspecified atom stereocenters. The van der Waals surface area contributed by atoms with Crippen LogP contribution in [0, 0.1) is 11.6 Å². The zero-order valence-corrected chi connectivity index (χ0v) is 25.2. The number of thiol groups is 1. The molecule has 9 nitrogen and oxygen atoms in total. The van der Waals surface area contributed by atoms with E-state index in [2.05, 4.69) is 9.44 Å². The van der Waals surface area contributed by atoms with Crippen LogP contribution in [0.25, 0.3) is 11.1 Å². The van der Waals surface area contributed by atoms with Crippen LogP contribution in [0.1, 0.15) is 57.8 Å². The minimum Gasteiger partial charge on any atom is -0.598 e. The maximum Gasteiger partial charge on any atom is 0.250 e. The Morgan fingerprint density at radius 3 is 2.12 bits per heavy atom. The van der Waals surface area contributed by atoms with Gasteiger partial charge < -0.3 is 9.12 Å². The number of aryl methyl sites for hydroxylation is 1. The molecule has 0 fully saturated rings. The molecule has 0 aliphatic heterocycles. The summed E-state index contributed by atoms with van der Waals surface area (Å²) < 4.78 is 97.6. The summed E-state index contributed by atoms with van der Waals surface area (Å²) in [6, 6.07) is 5.46. The monoisotopic (exact) mass is 615 g/mol. The van der Waals surface area contributed by atoms with Gasteiger partial charge in [0.25, 0.3) is 5.56 Å². The highest BCUT2D eigenvalue weighted by molar-refractivity contribution is 7.91. The maximum absolute atomic E-state index is 15.4. The Kier molecular flexibility index (Phi) is 9.64. The van der Waals surface area contributed by atoms with Gasteiger partial charge in [-0.3, -0.25) is 4.79 Å². The van der Waals surface area contributed by atoms with Crippen molar-refractivity contribution in [3.63, 3.8) is 0 Å². The summed E-state index contributed by atoms with van der Waals surface area (Å²) in [5.74, 6) is -1.66. The summed E-state index contributed by atoms with van der Waals surface area (Å²) in [5.41, 5.74) is -0.127. The zero-order chi connectivity index (χ0) is 30.2. The zero-order valence-electron chi connectivity index (χ0n) is 22.7. The van der Waals surface area contributed by atoms with E-state index in [0.717, 1.165) is 30.3 Å². The van der Waals surface area contributed by atoms with E-state index in [1.807, 2.05) is 0 Å². The van der Waals surface area contributed by atoms with Crippen molar-refractivity contribution in [2.24, 2.45) is 7.05 Å². The summed E-state index contributed by atoms with van der Waals surface area (Å²) in [7, 11) is -6.11. The summed E-state index contributed by atoms with van der Waals surface area (Å²) in [6.45, 7) is 8.29. The van der Waals surface area contributed by atoms with Crippen LogP contribution < -0.4 is 15.0 Å². The summed E-state index contributed by atoms with van der Waals surface area (Å²) in [5, 5.41) is 0. The Morgan fingerprint density at radius 2 is 1.57 bits per heavy atom. The molecule has 3 rings (SSSR count). The van der Waals surface area contributed by atoms with Crippen LogP contribution in [-0.2, 0) is 39.1 Å². The van der Waals surface area contributed by atoms with Gasteiger partial charge in [0.05, 0.1) is 15.8 Å². The van der Waals surface area contributed by atoms with Gasteiger partial charge in [0.2, 0.25) is 20.7 Å². The molecule has 2 aromatic carbocycles. The normalized spacial score (nSPS) is 14.8. The number of benzene rings is 2. The molecule has 0 saturated heterocycles. The van der Waals surface area contributed by atoms with Gasteiger partial charge in [-0.1, -0.05) is 0 Å². The van der Waals surface area contributed by atoms with Crippen LogP contribution in [0.5, 0.6) is 0 Å². The van der Waals surface area contributed by atoms with Crippen molar-refractivity contribution in [1.82, 2.24) is 14.0 Å². The van der Waals surface area contributed by atoms with E-state index in [-0.39, 0.29) is 27.1 Å². The standard InChI is InChI=1S/C26H31F2N3O6S3/c1-15(29-38(33)26(3,4)5)19-12-25(32)31(6)14-22(19)21-11-20(16(2)30-39(34)35)23(28)13-24(21)40(36,37)18-9-7-17(27)8-10-18/h7-16,29,39H,1-6H3,(H,30,34,35)/t15-,16?,38?/m0/s1. The number of nitrogens with zero attached hydrogens (tertiary/aromatic N) is 1. The molecule has 0 aliphatic rings. The van der Waals surface area contributed by atoms with E-state index in [1.165, 1.54) is 36.9 Å². The van der Waals surface area contributed by atoms with E-state index in [9.17, 15) is 30.6 Å². The molecule has 1 heterocycles. The van der Waals surface area contributed by atoms with Gasteiger partial charge in [-0.05, 0) is 76.6 Å². The minimum absolute atomic E-state index is 0.0312. The number of pyridine rings is 1. The first-order valence-electron chi connectivity index (χ1n) is 12.1. The van der Waals surface area contributed by atoms with Crippen LogP contribution >= 0.6 is 0 Å². The molecule has 218 valence electrons. The largest absolute Gasteiger partial charge is 0.598 e. The highest BCUT2D eigenvalue weighted by Crippen LogP contribution is 2.38. The fourth-order valence-electron chi connectivity index (χ4n) is 3.93. The van der Waals surface area contributed by atoms with Crippen LogP contribution in [0.15, 0.2) is 63.2 Å². The van der Waals surface area contributed by atoms with Gasteiger partial charge in [-0.2, -0.15) is 0 Å². The third-order valence-corrected chi connectivity index (χ3v) is 10.2. The first kappa shape index (κ1) is 31.9. The predicted molar refractivity (Wildman–Crippen MR) is 150 cm³/mol. The lowest BCUT2D eigenvalue weighted by Crippen LogP contribution is -2.41. The molecule has 14 heteroatoms. The van der Waals surface area contributed by atoms with Crippen LogP contribution in [0.2, 0.25) is 0 Å². The molecule has 3 atom stereocenters. The second kappa shape index (κ2) is 12.1. The lowest BCUT2D eigenvalue weighted by atomic mass is 9.95. The Hall–Kier alpha value is -2.62.